The van der Waals surface area contributed by atoms with Gasteiger partial charge in [-0.25, -0.2) is 4.39 Å². The molecule has 1 aromatic heterocycles. The molecule has 0 aliphatic heterocycles. The Bertz CT molecular complexity index is 492. The number of hydrogen-bond donors (Lipinski definition) is 1. The van der Waals surface area contributed by atoms with Gasteiger partial charge >= 0.3 is 0 Å². The number of nitrogens with one attached hydrogen (secondary N) is 1. The van der Waals surface area contributed by atoms with E-state index >= 15 is 0 Å². The molecule has 0 fully saturated rings. The van der Waals surface area contributed by atoms with Crippen LogP contribution in [-0.2, 0) is 0 Å². The van der Waals surface area contributed by atoms with Gasteiger partial charge < -0.3 is 9.73 Å². The van der Waals surface area contributed by atoms with Crippen molar-refractivity contribution in [2.75, 3.05) is 6.54 Å². The third-order valence-electron chi connectivity index (χ3n) is 2.80. The third-order valence-corrected chi connectivity index (χ3v) is 2.80. The maximum Gasteiger partial charge on any atom is 0.123 e. The van der Waals surface area contributed by atoms with E-state index < -0.39 is 0 Å². The minimum Gasteiger partial charge on any atom is -0.469 e. The first-order chi connectivity index (χ1) is 8.22. The molecule has 0 aliphatic rings. The fourth-order valence-electron chi connectivity index (χ4n) is 1.99. The van der Waals surface area contributed by atoms with Gasteiger partial charge in [-0.05, 0) is 37.2 Å². The first-order valence-electron chi connectivity index (χ1n) is 5.75. The zero-order chi connectivity index (χ0) is 12.3. The topological polar surface area (TPSA) is 25.2 Å². The van der Waals surface area contributed by atoms with E-state index in [1.165, 1.54) is 6.07 Å². The second-order valence-corrected chi connectivity index (χ2v) is 3.98. The second-order valence-electron chi connectivity index (χ2n) is 3.98. The highest BCUT2D eigenvalue weighted by atomic mass is 19.1. The summed E-state index contributed by atoms with van der Waals surface area (Å²) in [5.74, 6) is 0.645. The number of benzene rings is 1. The number of furan rings is 1. The van der Waals surface area contributed by atoms with Gasteiger partial charge in [-0.3, -0.25) is 0 Å². The molecule has 0 amide bonds. The van der Waals surface area contributed by atoms with Crippen LogP contribution in [0.2, 0.25) is 0 Å². The van der Waals surface area contributed by atoms with Gasteiger partial charge in [0.15, 0.2) is 0 Å². The maximum absolute atomic E-state index is 13.3. The first kappa shape index (κ1) is 11.9. The molecular formula is C14H16FNO. The molecule has 1 unspecified atom stereocenters. The van der Waals surface area contributed by atoms with Gasteiger partial charge in [-0.1, -0.05) is 19.1 Å². The standard InChI is InChI=1S/C14H16FNO/c1-3-16-14(13-7-8-17-10(13)2)11-5-4-6-12(15)9-11/h4-9,14,16H,3H2,1-2H3. The molecule has 17 heavy (non-hydrogen) atoms. The normalized spacial score (nSPS) is 12.6. The molecule has 0 radical (unpaired) electrons. The van der Waals surface area contributed by atoms with E-state index in [0.717, 1.165) is 23.4 Å². The number of aryl methyl sites for hydroxylation is 1. The summed E-state index contributed by atoms with van der Waals surface area (Å²) in [6.07, 6.45) is 1.66. The van der Waals surface area contributed by atoms with E-state index in [4.69, 9.17) is 4.42 Å². The number of hydrogen-bond acceptors (Lipinski definition) is 2. The Morgan fingerprint density at radius 1 is 1.35 bits per heavy atom. The summed E-state index contributed by atoms with van der Waals surface area (Å²) >= 11 is 0. The zero-order valence-corrected chi connectivity index (χ0v) is 10.0. The highest BCUT2D eigenvalue weighted by molar-refractivity contribution is 5.33. The largest absolute Gasteiger partial charge is 0.469 e. The van der Waals surface area contributed by atoms with Gasteiger partial charge in [0, 0.05) is 5.56 Å². The Balaban J connectivity index is 2.39. The van der Waals surface area contributed by atoms with Crippen LogP contribution in [0.5, 0.6) is 0 Å². The van der Waals surface area contributed by atoms with Crippen LogP contribution in [0.3, 0.4) is 0 Å². The molecule has 2 nitrogen and oxygen atoms in total. The van der Waals surface area contributed by atoms with Crippen LogP contribution in [0.1, 0.15) is 29.9 Å². The van der Waals surface area contributed by atoms with E-state index in [1.54, 1.807) is 18.4 Å². The summed E-state index contributed by atoms with van der Waals surface area (Å²) < 4.78 is 18.6. The fourth-order valence-corrected chi connectivity index (χ4v) is 1.99. The summed E-state index contributed by atoms with van der Waals surface area (Å²) in [5, 5.41) is 3.34. The summed E-state index contributed by atoms with van der Waals surface area (Å²) in [5.41, 5.74) is 1.97. The SMILES string of the molecule is CCNC(c1cccc(F)c1)c1ccoc1C. The summed E-state index contributed by atoms with van der Waals surface area (Å²) in [6.45, 7) is 4.76. The summed E-state index contributed by atoms with van der Waals surface area (Å²) in [7, 11) is 0. The van der Waals surface area contributed by atoms with Gasteiger partial charge in [0.1, 0.15) is 11.6 Å². The van der Waals surface area contributed by atoms with Crippen LogP contribution < -0.4 is 5.32 Å². The van der Waals surface area contributed by atoms with Crippen LogP contribution in [0.25, 0.3) is 0 Å². The first-order valence-corrected chi connectivity index (χ1v) is 5.75. The Morgan fingerprint density at radius 2 is 2.18 bits per heavy atom. The monoisotopic (exact) mass is 233 g/mol. The van der Waals surface area contributed by atoms with E-state index in [9.17, 15) is 4.39 Å². The van der Waals surface area contributed by atoms with Crippen molar-refractivity contribution in [1.82, 2.24) is 5.32 Å². The molecule has 2 aromatic rings. The quantitative estimate of drug-likeness (QED) is 0.875. The van der Waals surface area contributed by atoms with Crippen molar-refractivity contribution >= 4 is 0 Å². The van der Waals surface area contributed by atoms with Crippen molar-refractivity contribution in [3.8, 4) is 0 Å². The second kappa shape index (κ2) is 5.15. The lowest BCUT2D eigenvalue weighted by Gasteiger charge is -2.18. The molecular weight excluding hydrogens is 217 g/mol. The lowest BCUT2D eigenvalue weighted by Crippen LogP contribution is -2.22. The molecule has 1 N–H and O–H groups in total. The van der Waals surface area contributed by atoms with Gasteiger partial charge in [0.2, 0.25) is 0 Å². The van der Waals surface area contributed by atoms with Gasteiger partial charge in [0.25, 0.3) is 0 Å². The van der Waals surface area contributed by atoms with E-state index in [1.807, 2.05) is 26.0 Å². The average molecular weight is 233 g/mol. The Kier molecular flexibility index (Phi) is 3.59. The van der Waals surface area contributed by atoms with Crippen molar-refractivity contribution in [3.63, 3.8) is 0 Å². The van der Waals surface area contributed by atoms with Crippen LogP contribution in [0.4, 0.5) is 4.39 Å². The summed E-state index contributed by atoms with van der Waals surface area (Å²) in [6, 6.07) is 8.56. The molecule has 2 rings (SSSR count). The molecule has 90 valence electrons. The molecule has 1 heterocycles. The number of halogens is 1. The minimum absolute atomic E-state index is 0.0190. The van der Waals surface area contributed by atoms with Gasteiger partial charge in [-0.15, -0.1) is 0 Å². The lowest BCUT2D eigenvalue weighted by molar-refractivity contribution is 0.519. The zero-order valence-electron chi connectivity index (χ0n) is 10.0. The van der Waals surface area contributed by atoms with Crippen molar-refractivity contribution < 1.29 is 8.81 Å². The Hall–Kier alpha value is -1.61. The van der Waals surface area contributed by atoms with Gasteiger partial charge in [-0.2, -0.15) is 0 Å². The van der Waals surface area contributed by atoms with Crippen LogP contribution in [-0.4, -0.2) is 6.54 Å². The molecule has 1 aromatic carbocycles. The van der Waals surface area contributed by atoms with Crippen molar-refractivity contribution in [2.24, 2.45) is 0 Å². The van der Waals surface area contributed by atoms with Crippen molar-refractivity contribution in [2.45, 2.75) is 19.9 Å². The molecule has 0 saturated carbocycles. The molecule has 0 saturated heterocycles. The molecule has 0 spiro atoms. The predicted molar refractivity (Wildman–Crippen MR) is 65.4 cm³/mol. The van der Waals surface area contributed by atoms with E-state index in [2.05, 4.69) is 5.32 Å². The molecule has 0 aliphatic carbocycles. The number of rotatable bonds is 4. The minimum atomic E-state index is -0.216. The molecule has 0 bridgehead atoms. The molecule has 1 atom stereocenters. The van der Waals surface area contributed by atoms with Crippen molar-refractivity contribution in [3.05, 3.63) is 59.3 Å². The third kappa shape index (κ3) is 2.56. The van der Waals surface area contributed by atoms with E-state index in [-0.39, 0.29) is 11.9 Å². The summed E-state index contributed by atoms with van der Waals surface area (Å²) in [4.78, 5) is 0. The fraction of sp³-hybridized carbons (Fsp3) is 0.286. The Morgan fingerprint density at radius 3 is 2.76 bits per heavy atom. The van der Waals surface area contributed by atoms with Gasteiger partial charge in [0.05, 0.1) is 12.3 Å². The maximum atomic E-state index is 13.3. The van der Waals surface area contributed by atoms with Crippen LogP contribution in [0.15, 0.2) is 41.0 Å². The highest BCUT2D eigenvalue weighted by Gasteiger charge is 2.17. The van der Waals surface area contributed by atoms with Crippen LogP contribution >= 0.6 is 0 Å². The highest BCUT2D eigenvalue weighted by Crippen LogP contribution is 2.25. The van der Waals surface area contributed by atoms with E-state index in [0.29, 0.717) is 0 Å². The Labute approximate surface area is 100 Å². The predicted octanol–water partition coefficient (Wildman–Crippen LogP) is 3.43. The lowest BCUT2D eigenvalue weighted by atomic mass is 9.99. The smallest absolute Gasteiger partial charge is 0.123 e. The molecule has 3 heteroatoms. The van der Waals surface area contributed by atoms with Crippen LogP contribution in [0, 0.1) is 12.7 Å². The van der Waals surface area contributed by atoms with Crippen molar-refractivity contribution in [1.29, 1.82) is 0 Å². The average Bonchev–Trinajstić information content (AvgIpc) is 2.72.